The number of aryl methyl sites for hydroxylation is 1. The van der Waals surface area contributed by atoms with Crippen molar-refractivity contribution in [2.75, 3.05) is 5.32 Å². The van der Waals surface area contributed by atoms with E-state index in [0.717, 1.165) is 5.69 Å². The van der Waals surface area contributed by atoms with Crippen molar-refractivity contribution in [3.63, 3.8) is 0 Å². The van der Waals surface area contributed by atoms with Gasteiger partial charge in [0.15, 0.2) is 0 Å². The molecule has 0 aliphatic rings. The minimum absolute atomic E-state index is 0.103. The lowest BCUT2D eigenvalue weighted by Gasteiger charge is -2.05. The predicted octanol–water partition coefficient (Wildman–Crippen LogP) is 1.50. The van der Waals surface area contributed by atoms with Crippen molar-refractivity contribution in [2.45, 2.75) is 6.54 Å². The van der Waals surface area contributed by atoms with Crippen LogP contribution in [0.1, 0.15) is 5.76 Å². The van der Waals surface area contributed by atoms with Crippen molar-refractivity contribution >= 4 is 11.6 Å². The average Bonchev–Trinajstić information content (AvgIpc) is 2.79. The maximum absolute atomic E-state index is 11.2. The Hall–Kier alpha value is -2.57. The van der Waals surface area contributed by atoms with Gasteiger partial charge < -0.3 is 14.3 Å². The summed E-state index contributed by atoms with van der Waals surface area (Å²) in [5, 5.41) is 13.4. The Bertz CT molecular complexity index is 629. The molecule has 0 bridgehead atoms. The van der Waals surface area contributed by atoms with Crippen LogP contribution < -0.4 is 10.9 Å². The lowest BCUT2D eigenvalue weighted by atomic mass is 10.4. The zero-order valence-corrected chi connectivity index (χ0v) is 9.62. The summed E-state index contributed by atoms with van der Waals surface area (Å²) in [5.41, 5.74) is 0.630. The van der Waals surface area contributed by atoms with E-state index in [-0.39, 0.29) is 11.4 Å². The van der Waals surface area contributed by atoms with Gasteiger partial charge in [-0.05, 0) is 12.1 Å². The van der Waals surface area contributed by atoms with Crippen molar-refractivity contribution in [3.05, 3.63) is 56.7 Å². The SMILES string of the molecule is Cn1cc(NCc2ccc([N+](=O)[O-])o2)ccc1=O. The molecule has 0 spiro atoms. The van der Waals surface area contributed by atoms with Gasteiger partial charge >= 0.3 is 5.88 Å². The number of nitro groups is 1. The molecule has 0 atom stereocenters. The van der Waals surface area contributed by atoms with Gasteiger partial charge in [-0.1, -0.05) is 0 Å². The largest absolute Gasteiger partial charge is 0.433 e. The molecule has 0 aromatic carbocycles. The van der Waals surface area contributed by atoms with Crippen LogP contribution in [0.3, 0.4) is 0 Å². The second-order valence-corrected chi connectivity index (χ2v) is 3.72. The van der Waals surface area contributed by atoms with E-state index in [1.807, 2.05) is 0 Å². The van der Waals surface area contributed by atoms with E-state index in [0.29, 0.717) is 12.3 Å². The Morgan fingerprint density at radius 3 is 2.78 bits per heavy atom. The maximum atomic E-state index is 11.2. The monoisotopic (exact) mass is 249 g/mol. The van der Waals surface area contributed by atoms with Crippen molar-refractivity contribution in [1.29, 1.82) is 0 Å². The van der Waals surface area contributed by atoms with Crippen molar-refractivity contribution in [1.82, 2.24) is 4.57 Å². The van der Waals surface area contributed by atoms with Gasteiger partial charge in [0.25, 0.3) is 0 Å². The molecular weight excluding hydrogens is 238 g/mol. The molecular formula is C11H11N3O4. The maximum Gasteiger partial charge on any atom is 0.433 e. The van der Waals surface area contributed by atoms with Crippen molar-refractivity contribution in [3.8, 4) is 0 Å². The predicted molar refractivity (Wildman–Crippen MR) is 64.4 cm³/mol. The summed E-state index contributed by atoms with van der Waals surface area (Å²) >= 11 is 0. The number of nitrogens with one attached hydrogen (secondary N) is 1. The number of pyridine rings is 1. The highest BCUT2D eigenvalue weighted by Crippen LogP contribution is 2.16. The quantitative estimate of drug-likeness (QED) is 0.655. The van der Waals surface area contributed by atoms with E-state index in [2.05, 4.69) is 5.32 Å². The highest BCUT2D eigenvalue weighted by Gasteiger charge is 2.11. The fourth-order valence-electron chi connectivity index (χ4n) is 1.45. The van der Waals surface area contributed by atoms with Gasteiger partial charge in [0.1, 0.15) is 10.7 Å². The number of nitrogens with zero attached hydrogens (tertiary/aromatic N) is 2. The number of hydrogen-bond acceptors (Lipinski definition) is 5. The van der Waals surface area contributed by atoms with E-state index in [1.165, 1.54) is 22.8 Å². The molecule has 1 N–H and O–H groups in total. The molecule has 0 radical (unpaired) electrons. The zero-order chi connectivity index (χ0) is 13.1. The third kappa shape index (κ3) is 2.57. The zero-order valence-electron chi connectivity index (χ0n) is 9.62. The van der Waals surface area contributed by atoms with Crippen LogP contribution in [0, 0.1) is 10.1 Å². The van der Waals surface area contributed by atoms with Gasteiger partial charge in [-0.2, -0.15) is 0 Å². The smallest absolute Gasteiger partial charge is 0.404 e. The lowest BCUT2D eigenvalue weighted by molar-refractivity contribution is -0.402. The second kappa shape index (κ2) is 4.74. The number of furan rings is 1. The van der Waals surface area contributed by atoms with Crippen LogP contribution in [-0.2, 0) is 13.6 Å². The second-order valence-electron chi connectivity index (χ2n) is 3.72. The van der Waals surface area contributed by atoms with Gasteiger partial charge in [0.05, 0.1) is 18.3 Å². The van der Waals surface area contributed by atoms with Crippen LogP contribution in [0.5, 0.6) is 0 Å². The minimum Gasteiger partial charge on any atom is -0.404 e. The van der Waals surface area contributed by atoms with Crippen LogP contribution in [0.2, 0.25) is 0 Å². The molecule has 7 heteroatoms. The summed E-state index contributed by atoms with van der Waals surface area (Å²) in [6.45, 7) is 0.312. The number of aromatic nitrogens is 1. The van der Waals surface area contributed by atoms with Crippen LogP contribution >= 0.6 is 0 Å². The molecule has 2 rings (SSSR count). The molecule has 0 saturated carbocycles. The number of anilines is 1. The first-order chi connectivity index (χ1) is 8.56. The normalized spacial score (nSPS) is 10.3. The molecule has 0 aliphatic carbocycles. The Morgan fingerprint density at radius 1 is 1.39 bits per heavy atom. The van der Waals surface area contributed by atoms with Gasteiger partial charge in [0.2, 0.25) is 5.56 Å². The number of hydrogen-bond donors (Lipinski definition) is 1. The number of rotatable bonds is 4. The van der Waals surface area contributed by atoms with Crippen molar-refractivity contribution < 1.29 is 9.34 Å². The lowest BCUT2D eigenvalue weighted by Crippen LogP contribution is -2.15. The molecule has 2 heterocycles. The van der Waals surface area contributed by atoms with Gasteiger partial charge in [0, 0.05) is 19.3 Å². The highest BCUT2D eigenvalue weighted by molar-refractivity contribution is 5.40. The molecule has 2 aromatic rings. The third-order valence-corrected chi connectivity index (χ3v) is 2.38. The molecule has 7 nitrogen and oxygen atoms in total. The fourth-order valence-corrected chi connectivity index (χ4v) is 1.45. The highest BCUT2D eigenvalue weighted by atomic mass is 16.6. The first kappa shape index (κ1) is 11.9. The summed E-state index contributed by atoms with van der Waals surface area (Å²) in [7, 11) is 1.64. The van der Waals surface area contributed by atoms with E-state index >= 15 is 0 Å². The third-order valence-electron chi connectivity index (χ3n) is 2.38. The standard InChI is InChI=1S/C11H11N3O4/c1-13-7-8(2-4-10(13)15)12-6-9-3-5-11(18-9)14(16)17/h2-5,7,12H,6H2,1H3. The van der Waals surface area contributed by atoms with Crippen LogP contribution in [0.25, 0.3) is 0 Å². The molecule has 2 aromatic heterocycles. The van der Waals surface area contributed by atoms with Gasteiger partial charge in [-0.3, -0.25) is 14.9 Å². The molecule has 94 valence electrons. The Balaban J connectivity index is 2.04. The first-order valence-electron chi connectivity index (χ1n) is 5.20. The molecule has 0 aliphatic heterocycles. The molecule has 0 saturated heterocycles. The summed E-state index contributed by atoms with van der Waals surface area (Å²) in [6, 6.07) is 5.91. The molecule has 18 heavy (non-hydrogen) atoms. The topological polar surface area (TPSA) is 90.3 Å². The Kier molecular flexibility index (Phi) is 3.13. The molecule has 0 unspecified atom stereocenters. The van der Waals surface area contributed by atoms with E-state index in [9.17, 15) is 14.9 Å². The average molecular weight is 249 g/mol. The van der Waals surface area contributed by atoms with E-state index in [4.69, 9.17) is 4.42 Å². The van der Waals surface area contributed by atoms with Crippen LogP contribution in [0.15, 0.2) is 39.7 Å². The minimum atomic E-state index is -0.588. The summed E-state index contributed by atoms with van der Waals surface area (Å²) in [5.74, 6) is 0.169. The Morgan fingerprint density at radius 2 is 2.17 bits per heavy atom. The molecule has 0 amide bonds. The van der Waals surface area contributed by atoms with E-state index < -0.39 is 4.92 Å². The van der Waals surface area contributed by atoms with Crippen LogP contribution in [0.4, 0.5) is 11.6 Å². The molecule has 0 fully saturated rings. The summed E-state index contributed by atoms with van der Waals surface area (Å²) in [4.78, 5) is 21.0. The fraction of sp³-hybridized carbons (Fsp3) is 0.182. The Labute approximate surface area is 102 Å². The van der Waals surface area contributed by atoms with Gasteiger partial charge in [-0.25, -0.2) is 0 Å². The van der Waals surface area contributed by atoms with Crippen LogP contribution in [-0.4, -0.2) is 9.49 Å². The van der Waals surface area contributed by atoms with Crippen molar-refractivity contribution in [2.24, 2.45) is 7.05 Å². The summed E-state index contributed by atoms with van der Waals surface area (Å²) < 4.78 is 6.43. The van der Waals surface area contributed by atoms with E-state index in [1.54, 1.807) is 19.3 Å². The van der Waals surface area contributed by atoms with Gasteiger partial charge in [-0.15, -0.1) is 0 Å². The summed E-state index contributed by atoms with van der Waals surface area (Å²) in [6.07, 6.45) is 1.64. The first-order valence-corrected chi connectivity index (χ1v) is 5.20.